The van der Waals surface area contributed by atoms with E-state index in [0.717, 1.165) is 0 Å². The third-order valence-electron chi connectivity index (χ3n) is 3.90. The fourth-order valence-electron chi connectivity index (χ4n) is 2.65. The Labute approximate surface area is 122 Å². The predicted octanol–water partition coefficient (Wildman–Crippen LogP) is 4.88. The second kappa shape index (κ2) is 11.7. The molecule has 0 saturated heterocycles. The Bertz CT molecular complexity index is 233. The van der Waals surface area contributed by atoms with Crippen molar-refractivity contribution >= 4 is 15.1 Å². The molecule has 19 heavy (non-hydrogen) atoms. The van der Waals surface area contributed by atoms with Crippen LogP contribution in [0.25, 0.3) is 0 Å². The molecule has 2 atom stereocenters. The van der Waals surface area contributed by atoms with Gasteiger partial charge in [0.2, 0.25) is 5.91 Å². The Balaban J connectivity index is 4.22. The van der Waals surface area contributed by atoms with Crippen molar-refractivity contribution in [2.45, 2.75) is 85.0 Å². The van der Waals surface area contributed by atoms with Gasteiger partial charge >= 0.3 is 0 Å². The van der Waals surface area contributed by atoms with Gasteiger partial charge in [-0.25, -0.2) is 0 Å². The van der Waals surface area contributed by atoms with Gasteiger partial charge in [0.1, 0.15) is 0 Å². The van der Waals surface area contributed by atoms with Crippen LogP contribution in [0.1, 0.15) is 85.0 Å². The first-order valence-electron chi connectivity index (χ1n) is 8.04. The average Bonchev–Trinajstić information content (AvgIpc) is 2.35. The minimum absolute atomic E-state index is 0.201. The highest BCUT2D eigenvalue weighted by Crippen LogP contribution is 2.34. The lowest BCUT2D eigenvalue weighted by atomic mass is 9.77. The van der Waals surface area contributed by atoms with Crippen LogP contribution in [0.15, 0.2) is 0 Å². The molecule has 0 heterocycles. The maximum absolute atomic E-state index is 11.9. The summed E-state index contributed by atoms with van der Waals surface area (Å²) in [7, 11) is 2.56. The van der Waals surface area contributed by atoms with E-state index in [0.29, 0.717) is 12.7 Å². The van der Waals surface area contributed by atoms with E-state index < -0.39 is 0 Å². The van der Waals surface area contributed by atoms with Crippen LogP contribution in [0.2, 0.25) is 0 Å². The van der Waals surface area contributed by atoms with Gasteiger partial charge in [0, 0.05) is 12.7 Å². The summed E-state index contributed by atoms with van der Waals surface area (Å²) >= 11 is 0. The highest BCUT2D eigenvalue weighted by molar-refractivity contribution is 7.16. The number of hydrogen-bond donors (Lipinski definition) is 1. The van der Waals surface area contributed by atoms with Crippen molar-refractivity contribution in [3.05, 3.63) is 0 Å². The molecule has 3 heteroatoms. The van der Waals surface area contributed by atoms with Gasteiger partial charge in [0.15, 0.2) is 0 Å². The molecule has 1 amide bonds. The van der Waals surface area contributed by atoms with Crippen LogP contribution in [-0.4, -0.2) is 12.2 Å². The van der Waals surface area contributed by atoms with Gasteiger partial charge in [-0.3, -0.25) is 4.79 Å². The van der Waals surface area contributed by atoms with E-state index >= 15 is 0 Å². The van der Waals surface area contributed by atoms with Crippen LogP contribution < -0.4 is 5.32 Å². The molecule has 1 N–H and O–H groups in total. The van der Waals surface area contributed by atoms with Gasteiger partial charge in [0.05, 0.1) is 0 Å². The Morgan fingerprint density at radius 2 is 1.53 bits per heavy atom. The van der Waals surface area contributed by atoms with Crippen molar-refractivity contribution in [2.75, 3.05) is 6.29 Å². The van der Waals surface area contributed by atoms with E-state index in [1.807, 2.05) is 0 Å². The summed E-state index contributed by atoms with van der Waals surface area (Å²) in [6.07, 6.45) is 12.7. The number of unbranched alkanes of at least 4 members (excludes halogenated alkanes) is 5. The van der Waals surface area contributed by atoms with Crippen LogP contribution in [-0.2, 0) is 4.79 Å². The molecule has 0 saturated carbocycles. The van der Waals surface area contributed by atoms with Gasteiger partial charge in [0.25, 0.3) is 0 Å². The summed E-state index contributed by atoms with van der Waals surface area (Å²) in [5.74, 6) is 0.212. The number of nitrogens with one attached hydrogen (secondary N) is 1. The molecule has 2 unspecified atom stereocenters. The summed E-state index contributed by atoms with van der Waals surface area (Å²) in [5, 5.41) is 2.92. The first-order chi connectivity index (χ1) is 9.08. The molecule has 0 radical (unpaired) electrons. The molecular weight excluding hydrogens is 253 g/mol. The minimum atomic E-state index is 0.201. The van der Waals surface area contributed by atoms with Crippen molar-refractivity contribution in [1.82, 2.24) is 5.32 Å². The Kier molecular flexibility index (Phi) is 11.6. The van der Waals surface area contributed by atoms with E-state index in [-0.39, 0.29) is 11.3 Å². The van der Waals surface area contributed by atoms with Crippen LogP contribution >= 0.6 is 9.24 Å². The Hall–Kier alpha value is -0.100. The van der Waals surface area contributed by atoms with Crippen LogP contribution in [0.3, 0.4) is 0 Å². The first kappa shape index (κ1) is 18.9. The first-order valence-corrected chi connectivity index (χ1v) is 8.86. The zero-order valence-electron chi connectivity index (χ0n) is 13.3. The lowest BCUT2D eigenvalue weighted by Crippen LogP contribution is -2.29. The van der Waals surface area contributed by atoms with Crippen molar-refractivity contribution < 1.29 is 4.79 Å². The maximum atomic E-state index is 11.9. The van der Waals surface area contributed by atoms with Crippen molar-refractivity contribution in [3.8, 4) is 0 Å². The molecule has 0 rings (SSSR count). The standard InChI is InChI=1S/C16H34NOP/c1-4-6-8-10-12-16(3,11-9-7-5-2)13-15(18)17-14-19/h4-14,19H2,1-3H3,(H,17,18). The smallest absolute Gasteiger partial charge is 0.220 e. The molecule has 0 aromatic rings. The van der Waals surface area contributed by atoms with Gasteiger partial charge in [-0.05, 0) is 18.3 Å². The third kappa shape index (κ3) is 10.4. The monoisotopic (exact) mass is 287 g/mol. The zero-order chi connectivity index (χ0) is 14.6. The molecule has 0 aliphatic carbocycles. The van der Waals surface area contributed by atoms with E-state index in [4.69, 9.17) is 0 Å². The van der Waals surface area contributed by atoms with E-state index in [1.54, 1.807) is 0 Å². The van der Waals surface area contributed by atoms with Gasteiger partial charge in [-0.2, -0.15) is 0 Å². The largest absolute Gasteiger partial charge is 0.353 e. The van der Waals surface area contributed by atoms with Crippen molar-refractivity contribution in [1.29, 1.82) is 0 Å². The normalized spacial score (nSPS) is 14.1. The van der Waals surface area contributed by atoms with Crippen LogP contribution in [0.4, 0.5) is 0 Å². The summed E-state index contributed by atoms with van der Waals surface area (Å²) in [5.41, 5.74) is 0.201. The molecule has 2 nitrogen and oxygen atoms in total. The maximum Gasteiger partial charge on any atom is 0.220 e. The quantitative estimate of drug-likeness (QED) is 0.402. The number of carbonyl (C=O) groups is 1. The summed E-state index contributed by atoms with van der Waals surface area (Å²) < 4.78 is 0. The topological polar surface area (TPSA) is 29.1 Å². The predicted molar refractivity (Wildman–Crippen MR) is 88.3 cm³/mol. The minimum Gasteiger partial charge on any atom is -0.353 e. The Morgan fingerprint density at radius 3 is 2.05 bits per heavy atom. The molecule has 0 aromatic carbocycles. The van der Waals surface area contributed by atoms with Gasteiger partial charge in [-0.15, -0.1) is 9.24 Å². The molecule has 0 aliphatic rings. The molecule has 0 spiro atoms. The lowest BCUT2D eigenvalue weighted by molar-refractivity contribution is -0.123. The lowest BCUT2D eigenvalue weighted by Gasteiger charge is -2.29. The fraction of sp³-hybridized carbons (Fsp3) is 0.938. The van der Waals surface area contributed by atoms with E-state index in [9.17, 15) is 4.79 Å². The number of hydrogen-bond acceptors (Lipinski definition) is 1. The molecule has 0 aliphatic heterocycles. The van der Waals surface area contributed by atoms with Crippen LogP contribution in [0.5, 0.6) is 0 Å². The molecule has 0 fully saturated rings. The van der Waals surface area contributed by atoms with Crippen molar-refractivity contribution in [3.63, 3.8) is 0 Å². The Morgan fingerprint density at radius 1 is 1.00 bits per heavy atom. The van der Waals surface area contributed by atoms with Crippen LogP contribution in [0, 0.1) is 5.41 Å². The zero-order valence-corrected chi connectivity index (χ0v) is 14.4. The number of carbonyl (C=O) groups excluding carboxylic acids is 1. The van der Waals surface area contributed by atoms with E-state index in [1.165, 1.54) is 57.8 Å². The summed E-state index contributed by atoms with van der Waals surface area (Å²) in [4.78, 5) is 11.9. The second-order valence-corrected chi connectivity index (χ2v) is 6.47. The second-order valence-electron chi connectivity index (χ2n) is 6.06. The highest BCUT2D eigenvalue weighted by Gasteiger charge is 2.26. The van der Waals surface area contributed by atoms with Crippen molar-refractivity contribution in [2.24, 2.45) is 5.41 Å². The van der Waals surface area contributed by atoms with E-state index in [2.05, 4.69) is 35.3 Å². The highest BCUT2D eigenvalue weighted by atomic mass is 31.0. The molecule has 0 aromatic heterocycles. The molecular formula is C16H34NOP. The van der Waals surface area contributed by atoms with Gasteiger partial charge < -0.3 is 5.32 Å². The average molecular weight is 287 g/mol. The number of rotatable bonds is 12. The summed E-state index contributed by atoms with van der Waals surface area (Å²) in [6, 6.07) is 0. The SMILES string of the molecule is CCCCCCC(C)(CCCCC)CC(=O)NCP. The molecule has 114 valence electrons. The third-order valence-corrected chi connectivity index (χ3v) is 4.11. The van der Waals surface area contributed by atoms with Gasteiger partial charge in [-0.1, -0.05) is 65.7 Å². The number of amides is 1. The fourth-order valence-corrected chi connectivity index (χ4v) is 2.87. The summed E-state index contributed by atoms with van der Waals surface area (Å²) in [6.45, 7) is 6.78. The molecule has 0 bridgehead atoms.